The van der Waals surface area contributed by atoms with Gasteiger partial charge in [-0.05, 0) is 89.5 Å². The van der Waals surface area contributed by atoms with Crippen molar-refractivity contribution in [2.24, 2.45) is 5.92 Å². The van der Waals surface area contributed by atoms with Gasteiger partial charge < -0.3 is 38.3 Å². The molecular weight excluding hydrogens is 728 g/mol. The minimum absolute atomic E-state index is 0.0000560. The van der Waals surface area contributed by atoms with Crippen LogP contribution in [0.5, 0.6) is 0 Å². The van der Waals surface area contributed by atoms with Gasteiger partial charge in [0.15, 0.2) is 0 Å². The lowest BCUT2D eigenvalue weighted by Crippen LogP contribution is -2.48. The summed E-state index contributed by atoms with van der Waals surface area (Å²) < 4.78 is 40.4. The summed E-state index contributed by atoms with van der Waals surface area (Å²) in [5.41, 5.74) is 4.55. The zero-order valence-electron chi connectivity index (χ0n) is 35.4. The van der Waals surface area contributed by atoms with Gasteiger partial charge in [-0.3, -0.25) is 9.80 Å². The average molecular weight is 797 g/mol. The molecule has 0 amide bonds. The van der Waals surface area contributed by atoms with Crippen LogP contribution in [0.1, 0.15) is 74.3 Å². The number of rotatable bonds is 24. The maximum Gasteiger partial charge on any atom is 0.339 e. The van der Waals surface area contributed by atoms with E-state index in [0.717, 1.165) is 92.8 Å². The maximum absolute atomic E-state index is 12.9. The molecule has 0 spiro atoms. The second kappa shape index (κ2) is 24.5. The van der Waals surface area contributed by atoms with Crippen molar-refractivity contribution in [1.29, 1.82) is 0 Å². The van der Waals surface area contributed by atoms with Crippen molar-refractivity contribution in [3.8, 4) is 0 Å². The van der Waals surface area contributed by atoms with Crippen LogP contribution >= 0.6 is 0 Å². The number of aryl methyl sites for hydroxylation is 3. The van der Waals surface area contributed by atoms with Crippen molar-refractivity contribution in [2.45, 2.75) is 85.5 Å². The van der Waals surface area contributed by atoms with E-state index in [9.17, 15) is 14.7 Å². The van der Waals surface area contributed by atoms with Crippen LogP contribution in [0.2, 0.25) is 0 Å². The van der Waals surface area contributed by atoms with Crippen molar-refractivity contribution in [3.63, 3.8) is 0 Å². The lowest BCUT2D eigenvalue weighted by atomic mass is 9.82. The molecule has 57 heavy (non-hydrogen) atoms. The van der Waals surface area contributed by atoms with E-state index in [1.807, 2.05) is 84.0 Å². The van der Waals surface area contributed by atoms with E-state index in [-0.39, 0.29) is 30.2 Å². The Bertz CT molecular complexity index is 1500. The quantitative estimate of drug-likeness (QED) is 0.0561. The zero-order chi connectivity index (χ0) is 41.0. The average Bonchev–Trinajstić information content (AvgIpc) is 3.16. The Morgan fingerprint density at radius 1 is 0.719 bits per heavy atom. The van der Waals surface area contributed by atoms with Crippen LogP contribution in [0.4, 0.5) is 0 Å². The van der Waals surface area contributed by atoms with E-state index in [1.54, 1.807) is 0 Å². The van der Waals surface area contributed by atoms with E-state index in [1.165, 1.54) is 0 Å². The van der Waals surface area contributed by atoms with Crippen LogP contribution in [0.15, 0.2) is 48.2 Å². The first-order chi connectivity index (χ1) is 27.4. The highest BCUT2D eigenvalue weighted by Crippen LogP contribution is 2.38. The number of ether oxygens (including phenoxy) is 7. The maximum atomic E-state index is 12.9. The number of carboxylic acids is 1. The summed E-state index contributed by atoms with van der Waals surface area (Å²) >= 11 is 0. The molecule has 1 heterocycles. The number of esters is 1. The molecule has 0 bridgehead atoms. The van der Waals surface area contributed by atoms with Gasteiger partial charge in [0, 0.05) is 45.2 Å². The normalized spacial score (nSPS) is 18.6. The summed E-state index contributed by atoms with van der Waals surface area (Å²) in [5.74, 6) is -0.745. The number of aliphatic carboxylic acids is 1. The highest BCUT2D eigenvalue weighted by Gasteiger charge is 2.32. The smallest absolute Gasteiger partial charge is 0.339 e. The Morgan fingerprint density at radius 2 is 1.25 bits per heavy atom. The fraction of sp³-hybridized carbons (Fsp3) is 0.644. The van der Waals surface area contributed by atoms with Gasteiger partial charge >= 0.3 is 11.9 Å². The Balaban J connectivity index is 1.06. The topological polar surface area (TPSA) is 125 Å². The van der Waals surface area contributed by atoms with Crippen molar-refractivity contribution in [2.75, 3.05) is 98.7 Å². The van der Waals surface area contributed by atoms with E-state index in [4.69, 9.17) is 33.2 Å². The van der Waals surface area contributed by atoms with Gasteiger partial charge in [-0.15, -0.1) is 0 Å². The summed E-state index contributed by atoms with van der Waals surface area (Å²) in [4.78, 5) is 29.4. The Hall–Kier alpha value is -3.36. The molecule has 4 rings (SSSR count). The summed E-state index contributed by atoms with van der Waals surface area (Å²) in [6, 6.07) is 14.0. The Labute approximate surface area is 340 Å². The molecule has 2 aromatic carbocycles. The van der Waals surface area contributed by atoms with Gasteiger partial charge in [0.05, 0.1) is 59.0 Å². The van der Waals surface area contributed by atoms with Crippen molar-refractivity contribution < 1.29 is 47.9 Å². The molecule has 0 aromatic heterocycles. The number of hydrogen-bond acceptors (Lipinski definition) is 11. The third kappa shape index (κ3) is 17.2. The number of hydrogen-bond donors (Lipinski definition) is 1. The monoisotopic (exact) mass is 796 g/mol. The number of carbonyl (C=O) groups excluding carboxylic acids is 1. The molecule has 0 radical (unpaired) electrons. The van der Waals surface area contributed by atoms with E-state index >= 15 is 0 Å². The molecule has 1 aliphatic carbocycles. The fourth-order valence-electron chi connectivity index (χ4n) is 7.50. The van der Waals surface area contributed by atoms with Crippen molar-refractivity contribution in [1.82, 2.24) is 9.80 Å². The van der Waals surface area contributed by atoms with E-state index in [0.29, 0.717) is 65.2 Å². The molecule has 1 saturated heterocycles. The predicted octanol–water partition coefficient (Wildman–Crippen LogP) is 6.23. The number of piperazine rings is 1. The third-order valence-electron chi connectivity index (χ3n) is 10.2. The van der Waals surface area contributed by atoms with E-state index in [2.05, 4.69) is 9.80 Å². The largest absolute Gasteiger partial charge is 0.492 e. The van der Waals surface area contributed by atoms with Crippen LogP contribution in [-0.2, 0) is 49.4 Å². The summed E-state index contributed by atoms with van der Waals surface area (Å²) in [6.45, 7) is 21.8. The molecule has 2 fully saturated rings. The first-order valence-electron chi connectivity index (χ1n) is 20.7. The summed E-state index contributed by atoms with van der Waals surface area (Å²) in [6.07, 6.45) is 3.42. The molecule has 0 atom stereocenters. The minimum atomic E-state index is -0.951. The van der Waals surface area contributed by atoms with Gasteiger partial charge in [-0.2, -0.15) is 0 Å². The van der Waals surface area contributed by atoms with Crippen LogP contribution in [0.25, 0.3) is 5.57 Å². The lowest BCUT2D eigenvalue weighted by molar-refractivity contribution is -0.160. The van der Waals surface area contributed by atoms with Gasteiger partial charge in [0.25, 0.3) is 0 Å². The molecule has 1 saturated carbocycles. The van der Waals surface area contributed by atoms with Crippen molar-refractivity contribution >= 4 is 17.5 Å². The molecule has 12 nitrogen and oxygen atoms in total. The molecule has 12 heteroatoms. The second-order valence-electron chi connectivity index (χ2n) is 16.1. The van der Waals surface area contributed by atoms with E-state index < -0.39 is 11.6 Å². The third-order valence-corrected chi connectivity index (χ3v) is 10.2. The standard InChI is InChI=1S/C45H68N2O10/c1-34-30-35(2)41(36(3)31-34)42(44(49)50)43(56-32-37-10-8-7-9-11-37)38-12-14-39(15-13-38)55-29-28-52-23-21-47-18-16-46(17-19-47)20-22-51-24-25-53-26-27-54-33-40(48)57-45(4,5)6/h7-11,30-31,38-39H,12-29,32-33H2,1-6H3,(H,49,50)/b43-42+. The predicted molar refractivity (Wildman–Crippen MR) is 220 cm³/mol. The molecule has 318 valence electrons. The molecular formula is C45H68N2O10. The number of benzene rings is 2. The Kier molecular flexibility index (Phi) is 19.9. The SMILES string of the molecule is Cc1cc(C)c(/C(C(=O)O)=C(\OCc2ccccc2)C2CCC(OCCOCCN3CCN(CCOCCOCCOCC(=O)OC(C)(C)C)CC3)CC2)c(C)c1. The first kappa shape index (κ1) is 46.3. The van der Waals surface area contributed by atoms with Crippen LogP contribution < -0.4 is 0 Å². The number of carboxylic acid groups (broad SMARTS) is 1. The number of nitrogens with zero attached hydrogens (tertiary/aromatic N) is 2. The van der Waals surface area contributed by atoms with Gasteiger partial charge in [-0.1, -0.05) is 48.0 Å². The number of allylic oxidation sites excluding steroid dienone is 1. The van der Waals surface area contributed by atoms with Crippen LogP contribution in [0, 0.1) is 26.7 Å². The summed E-state index contributed by atoms with van der Waals surface area (Å²) in [7, 11) is 0. The fourth-order valence-corrected chi connectivity index (χ4v) is 7.50. The Morgan fingerprint density at radius 3 is 1.79 bits per heavy atom. The van der Waals surface area contributed by atoms with Gasteiger partial charge in [-0.25, -0.2) is 9.59 Å². The minimum Gasteiger partial charge on any atom is -0.492 e. The van der Waals surface area contributed by atoms with Crippen LogP contribution in [0.3, 0.4) is 0 Å². The molecule has 2 aliphatic rings. The summed E-state index contributed by atoms with van der Waals surface area (Å²) in [5, 5.41) is 10.6. The number of carbonyl (C=O) groups is 2. The highest BCUT2D eigenvalue weighted by molar-refractivity contribution is 6.17. The van der Waals surface area contributed by atoms with Gasteiger partial charge in [0.2, 0.25) is 0 Å². The zero-order valence-corrected chi connectivity index (χ0v) is 35.4. The van der Waals surface area contributed by atoms with Gasteiger partial charge in [0.1, 0.15) is 30.1 Å². The van der Waals surface area contributed by atoms with Crippen LogP contribution in [-0.4, -0.2) is 137 Å². The second-order valence-corrected chi connectivity index (χ2v) is 16.1. The highest BCUT2D eigenvalue weighted by atomic mass is 16.6. The molecule has 1 N–H and O–H groups in total. The van der Waals surface area contributed by atoms with Crippen molar-refractivity contribution in [3.05, 3.63) is 76.0 Å². The molecule has 0 unspecified atom stereocenters. The lowest BCUT2D eigenvalue weighted by Gasteiger charge is -2.34. The molecule has 1 aliphatic heterocycles. The first-order valence-corrected chi connectivity index (χ1v) is 20.7. The molecule has 2 aromatic rings.